The van der Waals surface area contributed by atoms with Crippen LogP contribution in [0.25, 0.3) is 4.85 Å². The standard InChI is InChI=1S/C30H38ClN5O4/c1-20-26(14-12-24(32-2)29(20)31)40-23-10-8-22(9-11-23)33-30(39)25-13-15-27(35-34-25)36-18-16-21(17-19-36)6-4-3-5-7-28(37)38/h12-15,21-23H,3-11,16-19H2,1H3,(H,33,39)(H,37,38). The van der Waals surface area contributed by atoms with E-state index in [1.807, 2.05) is 13.0 Å². The Morgan fingerprint density at radius 2 is 1.82 bits per heavy atom. The molecule has 2 fully saturated rings. The fourth-order valence-corrected chi connectivity index (χ4v) is 5.78. The van der Waals surface area contributed by atoms with E-state index in [0.717, 1.165) is 88.7 Å². The highest BCUT2D eigenvalue weighted by atomic mass is 35.5. The molecule has 2 aliphatic rings. The first-order valence-corrected chi connectivity index (χ1v) is 14.7. The molecule has 4 rings (SSSR count). The van der Waals surface area contributed by atoms with E-state index in [1.54, 1.807) is 18.2 Å². The Labute approximate surface area is 241 Å². The predicted molar refractivity (Wildman–Crippen MR) is 154 cm³/mol. The van der Waals surface area contributed by atoms with Gasteiger partial charge in [0.05, 0.1) is 17.7 Å². The van der Waals surface area contributed by atoms with Crippen molar-refractivity contribution in [1.29, 1.82) is 0 Å². The molecule has 1 saturated heterocycles. The second-order valence-electron chi connectivity index (χ2n) is 10.9. The first-order chi connectivity index (χ1) is 19.3. The van der Waals surface area contributed by atoms with Gasteiger partial charge in [-0.2, -0.15) is 0 Å². The molecule has 214 valence electrons. The van der Waals surface area contributed by atoms with Crippen LogP contribution in [0.5, 0.6) is 5.75 Å². The summed E-state index contributed by atoms with van der Waals surface area (Å²) in [6.07, 6.45) is 9.71. The van der Waals surface area contributed by atoms with Crippen LogP contribution in [0.4, 0.5) is 11.5 Å². The lowest BCUT2D eigenvalue weighted by atomic mass is 9.91. The van der Waals surface area contributed by atoms with E-state index in [-0.39, 0.29) is 24.5 Å². The molecule has 10 heteroatoms. The molecule has 0 bridgehead atoms. The molecule has 0 atom stereocenters. The number of carboxylic acid groups (broad SMARTS) is 1. The highest BCUT2D eigenvalue weighted by molar-refractivity contribution is 6.34. The summed E-state index contributed by atoms with van der Waals surface area (Å²) in [6, 6.07) is 7.19. The quantitative estimate of drug-likeness (QED) is 0.240. The largest absolute Gasteiger partial charge is 0.490 e. The minimum Gasteiger partial charge on any atom is -0.490 e. The lowest BCUT2D eigenvalue weighted by Gasteiger charge is -2.32. The van der Waals surface area contributed by atoms with Crippen LogP contribution >= 0.6 is 11.6 Å². The van der Waals surface area contributed by atoms with E-state index in [1.165, 1.54) is 0 Å². The van der Waals surface area contributed by atoms with Gasteiger partial charge in [-0.3, -0.25) is 9.59 Å². The van der Waals surface area contributed by atoms with E-state index in [4.69, 9.17) is 28.0 Å². The SMILES string of the molecule is [C-]#[N+]c1ccc(OC2CCC(NC(=O)c3ccc(N4CCC(CCCCCC(=O)O)CC4)nn3)CC2)c(C)c1Cl. The molecule has 0 radical (unpaired) electrons. The van der Waals surface area contributed by atoms with Gasteiger partial charge in [0, 0.05) is 25.6 Å². The number of nitrogens with zero attached hydrogens (tertiary/aromatic N) is 4. The zero-order chi connectivity index (χ0) is 28.5. The Kier molecular flexibility index (Phi) is 10.6. The average molecular weight is 568 g/mol. The van der Waals surface area contributed by atoms with E-state index in [0.29, 0.717) is 28.1 Å². The number of carboxylic acids is 1. The van der Waals surface area contributed by atoms with Crippen LogP contribution in [-0.2, 0) is 4.79 Å². The summed E-state index contributed by atoms with van der Waals surface area (Å²) in [5, 5.41) is 20.8. The number of ether oxygens (including phenoxy) is 1. The summed E-state index contributed by atoms with van der Waals surface area (Å²) in [5.41, 5.74) is 1.53. The van der Waals surface area contributed by atoms with Gasteiger partial charge in [0.1, 0.15) is 5.75 Å². The Balaban J connectivity index is 1.17. The number of nitrogens with one attached hydrogen (secondary N) is 1. The van der Waals surface area contributed by atoms with Gasteiger partial charge in [0.25, 0.3) is 5.91 Å². The maximum absolute atomic E-state index is 12.8. The third-order valence-electron chi connectivity index (χ3n) is 8.06. The number of unbranched alkanes of at least 4 members (excludes halogenated alkanes) is 2. The number of rotatable bonds is 11. The molecule has 1 amide bonds. The molecular weight excluding hydrogens is 530 g/mol. The molecule has 2 N–H and O–H groups in total. The van der Waals surface area contributed by atoms with E-state index >= 15 is 0 Å². The monoisotopic (exact) mass is 567 g/mol. The molecule has 2 aromatic rings. The summed E-state index contributed by atoms with van der Waals surface area (Å²) in [4.78, 5) is 29.1. The zero-order valence-corrected chi connectivity index (χ0v) is 23.8. The van der Waals surface area contributed by atoms with Gasteiger partial charge in [-0.05, 0) is 81.5 Å². The Bertz CT molecular complexity index is 1200. The van der Waals surface area contributed by atoms with Gasteiger partial charge in [0.15, 0.2) is 11.5 Å². The van der Waals surface area contributed by atoms with Crippen molar-refractivity contribution in [2.24, 2.45) is 5.92 Å². The minimum atomic E-state index is -0.713. The number of piperidine rings is 1. The smallest absolute Gasteiger partial charge is 0.303 e. The Hall–Kier alpha value is -3.38. The third kappa shape index (κ3) is 8.07. The van der Waals surface area contributed by atoms with Crippen molar-refractivity contribution >= 4 is 35.0 Å². The van der Waals surface area contributed by atoms with E-state index in [9.17, 15) is 9.59 Å². The zero-order valence-electron chi connectivity index (χ0n) is 23.1. The van der Waals surface area contributed by atoms with Gasteiger partial charge in [-0.25, -0.2) is 4.85 Å². The molecule has 0 unspecified atom stereocenters. The molecular formula is C30H38ClN5O4. The Morgan fingerprint density at radius 1 is 1.07 bits per heavy atom. The van der Waals surface area contributed by atoms with Crippen LogP contribution in [0, 0.1) is 19.4 Å². The van der Waals surface area contributed by atoms with Crippen molar-refractivity contribution in [2.45, 2.75) is 89.7 Å². The van der Waals surface area contributed by atoms with E-state index < -0.39 is 5.97 Å². The molecule has 1 aromatic heterocycles. The summed E-state index contributed by atoms with van der Waals surface area (Å²) in [7, 11) is 0. The topological polar surface area (TPSA) is 109 Å². The number of aromatic nitrogens is 2. The fraction of sp³-hybridized carbons (Fsp3) is 0.567. The van der Waals surface area contributed by atoms with Crippen LogP contribution in [-0.4, -0.2) is 52.4 Å². The van der Waals surface area contributed by atoms with Crippen LogP contribution in [0.2, 0.25) is 5.02 Å². The van der Waals surface area contributed by atoms with Crippen molar-refractivity contribution in [1.82, 2.24) is 15.5 Å². The summed E-state index contributed by atoms with van der Waals surface area (Å²) in [6.45, 7) is 10.9. The molecule has 1 aromatic carbocycles. The van der Waals surface area contributed by atoms with Gasteiger partial charge < -0.3 is 20.1 Å². The molecule has 40 heavy (non-hydrogen) atoms. The predicted octanol–water partition coefficient (Wildman–Crippen LogP) is 6.36. The number of halogens is 1. The number of benzene rings is 1. The van der Waals surface area contributed by atoms with E-state index in [2.05, 4.69) is 25.3 Å². The normalized spacial score (nSPS) is 19.6. The molecule has 1 aliphatic heterocycles. The first-order valence-electron chi connectivity index (χ1n) is 14.3. The molecule has 2 heterocycles. The second kappa shape index (κ2) is 14.3. The van der Waals surface area contributed by atoms with Crippen molar-refractivity contribution in [3.8, 4) is 5.75 Å². The second-order valence-corrected chi connectivity index (χ2v) is 11.3. The van der Waals surface area contributed by atoms with Crippen molar-refractivity contribution in [3.05, 3.63) is 52.0 Å². The molecule has 1 aliphatic carbocycles. The molecule has 9 nitrogen and oxygen atoms in total. The minimum absolute atomic E-state index is 0.0434. The highest BCUT2D eigenvalue weighted by Crippen LogP contribution is 2.36. The number of hydrogen-bond acceptors (Lipinski definition) is 6. The number of aliphatic carboxylic acids is 1. The van der Waals surface area contributed by atoms with Gasteiger partial charge in [-0.15, -0.1) is 10.2 Å². The molecule has 0 spiro atoms. The number of anilines is 1. The third-order valence-corrected chi connectivity index (χ3v) is 8.54. The summed E-state index contributed by atoms with van der Waals surface area (Å²) < 4.78 is 6.17. The maximum Gasteiger partial charge on any atom is 0.303 e. The number of carbonyl (C=O) groups is 2. The lowest BCUT2D eigenvalue weighted by molar-refractivity contribution is -0.137. The first kappa shape index (κ1) is 29.6. The van der Waals surface area contributed by atoms with Crippen LogP contribution < -0.4 is 15.0 Å². The fourth-order valence-electron chi connectivity index (χ4n) is 5.58. The van der Waals surface area contributed by atoms with Crippen LogP contribution in [0.15, 0.2) is 24.3 Å². The number of amides is 1. The van der Waals surface area contributed by atoms with Crippen molar-refractivity contribution < 1.29 is 19.4 Å². The van der Waals surface area contributed by atoms with Crippen molar-refractivity contribution in [2.75, 3.05) is 18.0 Å². The summed E-state index contributed by atoms with van der Waals surface area (Å²) >= 11 is 6.28. The number of carbonyl (C=O) groups excluding carboxylic acids is 1. The average Bonchev–Trinajstić information content (AvgIpc) is 2.97. The van der Waals surface area contributed by atoms with Crippen LogP contribution in [0.3, 0.4) is 0 Å². The van der Waals surface area contributed by atoms with Gasteiger partial charge in [0.2, 0.25) is 5.69 Å². The maximum atomic E-state index is 12.8. The van der Waals surface area contributed by atoms with Crippen molar-refractivity contribution in [3.63, 3.8) is 0 Å². The van der Waals surface area contributed by atoms with Gasteiger partial charge >= 0.3 is 5.97 Å². The highest BCUT2D eigenvalue weighted by Gasteiger charge is 2.26. The molecule has 1 saturated carbocycles. The lowest BCUT2D eigenvalue weighted by Crippen LogP contribution is -2.40. The Morgan fingerprint density at radius 3 is 2.48 bits per heavy atom. The van der Waals surface area contributed by atoms with Gasteiger partial charge in [-0.1, -0.05) is 36.9 Å². The van der Waals surface area contributed by atoms with Crippen LogP contribution in [0.1, 0.15) is 86.7 Å². The summed E-state index contributed by atoms with van der Waals surface area (Å²) in [5.74, 6) is 1.26. The number of hydrogen-bond donors (Lipinski definition) is 2.